The number of fused-ring (bicyclic) bond motifs is 10. The average molecular weight is 676 g/mol. The van der Waals surface area contributed by atoms with Gasteiger partial charge >= 0.3 is 5.97 Å². The summed E-state index contributed by atoms with van der Waals surface area (Å²) in [6.45, 7) is 12.9. The van der Waals surface area contributed by atoms with Crippen LogP contribution in [0.2, 0.25) is 0 Å². The van der Waals surface area contributed by atoms with Gasteiger partial charge in [-0.05, 0) is 114 Å². The van der Waals surface area contributed by atoms with Crippen LogP contribution < -0.4 is 0 Å². The van der Waals surface area contributed by atoms with Crippen LogP contribution in [0, 0.1) is 22.2 Å². The van der Waals surface area contributed by atoms with Gasteiger partial charge < -0.3 is 19.8 Å². The van der Waals surface area contributed by atoms with Crippen LogP contribution in [-0.2, 0) is 20.7 Å². The summed E-state index contributed by atoms with van der Waals surface area (Å²) in [6.07, 6.45) is 13.4. The number of esters is 1. The second kappa shape index (κ2) is 13.2. The Morgan fingerprint density at radius 1 is 0.980 bits per heavy atom. The Morgan fingerprint density at radius 2 is 1.71 bits per heavy atom. The Kier molecular flexibility index (Phi) is 9.80. The Morgan fingerprint density at radius 3 is 2.37 bits per heavy atom. The molecule has 270 valence electrons. The van der Waals surface area contributed by atoms with E-state index in [1.165, 1.54) is 12.0 Å². The highest BCUT2D eigenvalue weighted by molar-refractivity contribution is 6.00. The van der Waals surface area contributed by atoms with Gasteiger partial charge in [-0.15, -0.1) is 0 Å². The molecule has 1 aromatic carbocycles. The largest absolute Gasteiger partial charge is 0.448 e. The Balaban J connectivity index is 1.40. The van der Waals surface area contributed by atoms with E-state index in [0.29, 0.717) is 51.5 Å². The smallest absolute Gasteiger partial charge is 0.313 e. The summed E-state index contributed by atoms with van der Waals surface area (Å²) in [7, 11) is 0. The lowest BCUT2D eigenvalue weighted by molar-refractivity contribution is -0.177. The van der Waals surface area contributed by atoms with Gasteiger partial charge in [-0.3, -0.25) is 14.4 Å². The van der Waals surface area contributed by atoms with Crippen molar-refractivity contribution in [1.82, 2.24) is 4.90 Å². The molecule has 5 aliphatic carbocycles. The molecule has 4 bridgehead atoms. The number of nitrogens with zero attached hydrogens (tertiary/aromatic N) is 1. The summed E-state index contributed by atoms with van der Waals surface area (Å²) >= 11 is 0. The molecule has 1 amide bonds. The van der Waals surface area contributed by atoms with Gasteiger partial charge in [-0.2, -0.15) is 0 Å². The molecule has 3 saturated carbocycles. The minimum Gasteiger partial charge on any atom is -0.448 e. The van der Waals surface area contributed by atoms with Crippen LogP contribution in [-0.4, -0.2) is 63.2 Å². The van der Waals surface area contributed by atoms with Crippen molar-refractivity contribution >= 4 is 17.7 Å². The van der Waals surface area contributed by atoms with E-state index in [1.54, 1.807) is 0 Å². The van der Waals surface area contributed by atoms with E-state index in [2.05, 4.69) is 38.1 Å². The lowest BCUT2D eigenvalue weighted by Gasteiger charge is -2.47. The van der Waals surface area contributed by atoms with Gasteiger partial charge in [0.25, 0.3) is 5.91 Å². The SMILES string of the molecule is CCCN(CC1(O)CCC2c3ccc(cc3C(=O)C3CCCCC3)CC(O)CCC(C)=CCCC21C)C(=O)C12CCC(C)(C(=O)O1)C2(C)C. The third-order valence-electron chi connectivity index (χ3n) is 14.6. The van der Waals surface area contributed by atoms with Crippen molar-refractivity contribution in [3.8, 4) is 0 Å². The number of amides is 1. The van der Waals surface area contributed by atoms with Crippen molar-refractivity contribution in [3.05, 3.63) is 46.5 Å². The number of rotatable bonds is 7. The van der Waals surface area contributed by atoms with Crippen molar-refractivity contribution in [2.24, 2.45) is 22.2 Å². The van der Waals surface area contributed by atoms with Crippen LogP contribution in [0.3, 0.4) is 0 Å². The van der Waals surface area contributed by atoms with E-state index in [0.717, 1.165) is 61.6 Å². The second-order valence-electron chi connectivity index (χ2n) is 17.5. The van der Waals surface area contributed by atoms with Gasteiger partial charge in [-0.25, -0.2) is 0 Å². The maximum Gasteiger partial charge on any atom is 0.313 e. The lowest BCUT2D eigenvalue weighted by atomic mass is 9.64. The molecule has 1 aromatic rings. The molecule has 0 radical (unpaired) electrons. The summed E-state index contributed by atoms with van der Waals surface area (Å²) in [6, 6.07) is 6.26. The van der Waals surface area contributed by atoms with E-state index < -0.39 is 33.6 Å². The van der Waals surface area contributed by atoms with Crippen molar-refractivity contribution in [3.63, 3.8) is 0 Å². The first-order chi connectivity index (χ1) is 23.1. The van der Waals surface area contributed by atoms with Crippen LogP contribution in [0.25, 0.3) is 0 Å². The summed E-state index contributed by atoms with van der Waals surface area (Å²) in [5.41, 5.74) is -0.454. The van der Waals surface area contributed by atoms with Crippen LogP contribution >= 0.6 is 0 Å². The van der Waals surface area contributed by atoms with Crippen LogP contribution in [0.4, 0.5) is 0 Å². The third-order valence-corrected chi connectivity index (χ3v) is 14.6. The first kappa shape index (κ1) is 36.3. The molecule has 49 heavy (non-hydrogen) atoms. The highest BCUT2D eigenvalue weighted by atomic mass is 16.6. The van der Waals surface area contributed by atoms with Gasteiger partial charge in [0, 0.05) is 28.9 Å². The molecule has 6 aliphatic rings. The molecule has 1 heterocycles. The van der Waals surface area contributed by atoms with Gasteiger partial charge in [-0.1, -0.05) is 70.7 Å². The lowest BCUT2D eigenvalue weighted by Crippen LogP contribution is -2.60. The third kappa shape index (κ3) is 5.83. The van der Waals surface area contributed by atoms with E-state index in [-0.39, 0.29) is 36.0 Å². The predicted molar refractivity (Wildman–Crippen MR) is 191 cm³/mol. The van der Waals surface area contributed by atoms with Crippen LogP contribution in [0.1, 0.15) is 159 Å². The number of ketones is 1. The molecule has 7 rings (SSSR count). The fraction of sp³-hybridized carbons (Fsp3) is 0.738. The minimum atomic E-state index is -1.23. The maximum atomic E-state index is 14.7. The number of allylic oxidation sites excluding steroid dienone is 2. The van der Waals surface area contributed by atoms with Crippen LogP contribution in [0.15, 0.2) is 29.8 Å². The highest BCUT2D eigenvalue weighted by Gasteiger charge is 2.76. The minimum absolute atomic E-state index is 0.00943. The van der Waals surface area contributed by atoms with E-state index >= 15 is 0 Å². The number of aliphatic hydroxyl groups excluding tert-OH is 1. The molecule has 7 nitrogen and oxygen atoms in total. The zero-order valence-electron chi connectivity index (χ0n) is 31.0. The second-order valence-corrected chi connectivity index (χ2v) is 17.5. The fourth-order valence-corrected chi connectivity index (χ4v) is 10.6. The predicted octanol–water partition coefficient (Wildman–Crippen LogP) is 7.85. The maximum absolute atomic E-state index is 14.7. The summed E-state index contributed by atoms with van der Waals surface area (Å²) in [4.78, 5) is 44.1. The molecule has 1 aliphatic heterocycles. The molecule has 2 N–H and O–H groups in total. The topological polar surface area (TPSA) is 104 Å². The summed E-state index contributed by atoms with van der Waals surface area (Å²) < 4.78 is 6.06. The molecule has 0 spiro atoms. The van der Waals surface area contributed by atoms with E-state index in [4.69, 9.17) is 4.74 Å². The van der Waals surface area contributed by atoms with Gasteiger partial charge in [0.1, 0.15) is 0 Å². The molecule has 0 aromatic heterocycles. The Hall–Kier alpha value is -2.51. The molecule has 1 saturated heterocycles. The van der Waals surface area contributed by atoms with Crippen LogP contribution in [0.5, 0.6) is 0 Å². The standard InChI is InChI=1S/C42H61NO6/c1-7-24-43(36(46)42-23-22-40(6,37(47)49-42)38(42,3)4)27-41(48)21-19-34-32-18-16-29(26-33(32)35(45)30-13-9-8-10-14-30)25-31(44)17-15-28(2)12-11-20-39(34,41)5/h12,16,18,26,30-31,34,44,48H,7-11,13-15,17,19-25,27H2,1-6H3. The number of carbonyl (C=O) groups excluding carboxylic acids is 3. The van der Waals surface area contributed by atoms with Crippen molar-refractivity contribution < 1.29 is 29.3 Å². The number of Topliss-reactive ketones (excluding diaryl/α,β-unsaturated/α-hetero) is 1. The zero-order valence-corrected chi connectivity index (χ0v) is 31.0. The normalized spacial score (nSPS) is 36.2. The van der Waals surface area contributed by atoms with Crippen molar-refractivity contribution in [1.29, 1.82) is 0 Å². The van der Waals surface area contributed by atoms with E-state index in [1.807, 2.05) is 32.6 Å². The number of carbonyl (C=O) groups is 3. The number of benzene rings is 1. The van der Waals surface area contributed by atoms with Gasteiger partial charge in [0.15, 0.2) is 11.4 Å². The molecular weight excluding hydrogens is 614 g/mol. The molecule has 6 unspecified atom stereocenters. The zero-order chi connectivity index (χ0) is 35.4. The number of ether oxygens (including phenoxy) is 1. The monoisotopic (exact) mass is 675 g/mol. The highest BCUT2D eigenvalue weighted by Crippen LogP contribution is 2.66. The summed E-state index contributed by atoms with van der Waals surface area (Å²) in [5.74, 6) is -0.331. The van der Waals surface area contributed by atoms with Crippen molar-refractivity contribution in [2.45, 2.75) is 161 Å². The number of hydrogen-bond donors (Lipinski definition) is 2. The molecule has 6 atom stereocenters. The number of hydrogen-bond acceptors (Lipinski definition) is 6. The quantitative estimate of drug-likeness (QED) is 0.173. The molecule has 4 fully saturated rings. The fourth-order valence-electron chi connectivity index (χ4n) is 10.6. The van der Waals surface area contributed by atoms with Gasteiger partial charge in [0.2, 0.25) is 0 Å². The summed E-state index contributed by atoms with van der Waals surface area (Å²) in [5, 5.41) is 24.0. The molecule has 7 heteroatoms. The Labute approximate surface area is 294 Å². The Bertz CT molecular complexity index is 1490. The number of aliphatic hydroxyl groups is 2. The first-order valence-electron chi connectivity index (χ1n) is 19.4. The average Bonchev–Trinajstić information content (AvgIpc) is 3.51. The van der Waals surface area contributed by atoms with E-state index in [9.17, 15) is 24.6 Å². The van der Waals surface area contributed by atoms with Gasteiger partial charge in [0.05, 0.1) is 23.7 Å². The first-order valence-corrected chi connectivity index (χ1v) is 19.4. The van der Waals surface area contributed by atoms with Crippen molar-refractivity contribution in [2.75, 3.05) is 13.1 Å². The molecular formula is C42H61NO6.